The zero-order valence-corrected chi connectivity index (χ0v) is 20.2. The Kier molecular flexibility index (Phi) is 8.33. The Morgan fingerprint density at radius 1 is 1.11 bits per heavy atom. The molecule has 3 N–H and O–H groups in total. The van der Waals surface area contributed by atoms with Gasteiger partial charge in [-0.25, -0.2) is 10.2 Å². The zero-order chi connectivity index (χ0) is 25.5. The van der Waals surface area contributed by atoms with Gasteiger partial charge in [-0.1, -0.05) is 49.7 Å². The molecule has 1 amide bonds. The number of benzene rings is 3. The number of hydrogen-bond donors (Lipinski definition) is 3. The van der Waals surface area contributed by atoms with Crippen molar-refractivity contribution < 1.29 is 29.3 Å². The molecule has 0 aliphatic heterocycles. The van der Waals surface area contributed by atoms with Crippen LogP contribution < -0.4 is 14.9 Å². The summed E-state index contributed by atoms with van der Waals surface area (Å²) in [5.41, 5.74) is 4.86. The van der Waals surface area contributed by atoms with Gasteiger partial charge in [0.1, 0.15) is 17.9 Å². The highest BCUT2D eigenvalue weighted by Gasteiger charge is 2.19. The second kappa shape index (κ2) is 11.4. The summed E-state index contributed by atoms with van der Waals surface area (Å²) in [7, 11) is 1.41. The van der Waals surface area contributed by atoms with Crippen LogP contribution >= 0.6 is 11.6 Å². The van der Waals surface area contributed by atoms with E-state index >= 15 is 0 Å². The van der Waals surface area contributed by atoms with E-state index < -0.39 is 11.9 Å². The number of nitrogens with zero attached hydrogens (tertiary/aromatic N) is 1. The monoisotopic (exact) mass is 496 g/mol. The summed E-state index contributed by atoms with van der Waals surface area (Å²) in [6.45, 7) is 4.37. The van der Waals surface area contributed by atoms with Crippen LogP contribution in [0.2, 0.25) is 5.02 Å². The van der Waals surface area contributed by atoms with E-state index in [4.69, 9.17) is 21.1 Å². The van der Waals surface area contributed by atoms with Crippen LogP contribution in [0.15, 0.2) is 59.7 Å². The van der Waals surface area contributed by atoms with Crippen LogP contribution in [0.25, 0.3) is 0 Å². The number of phenolic OH excluding ortho intramolecular Hbond substituents is 1. The van der Waals surface area contributed by atoms with E-state index in [0.29, 0.717) is 11.5 Å². The van der Waals surface area contributed by atoms with Gasteiger partial charge in [0.25, 0.3) is 5.91 Å². The molecule has 0 aliphatic rings. The minimum Gasteiger partial charge on any atom is -0.506 e. The van der Waals surface area contributed by atoms with Gasteiger partial charge < -0.3 is 19.7 Å². The maximum atomic E-state index is 12.2. The molecule has 0 spiro atoms. The topological polar surface area (TPSA) is 117 Å². The SMILES string of the molecule is COc1cc(/C=N/NC(=O)c2ccc(O)c(Cl)c2)cc(C(=O)O)c1OCc1ccc(C(C)C)cc1. The Balaban J connectivity index is 1.77. The van der Waals surface area contributed by atoms with Crippen LogP contribution in [0, 0.1) is 0 Å². The van der Waals surface area contributed by atoms with Crippen molar-refractivity contribution in [3.63, 3.8) is 0 Å². The normalized spacial score (nSPS) is 11.0. The number of ether oxygens (including phenoxy) is 2. The number of methoxy groups -OCH3 is 1. The van der Waals surface area contributed by atoms with Crippen molar-refractivity contribution in [3.05, 3.63) is 87.4 Å². The number of phenols is 1. The van der Waals surface area contributed by atoms with E-state index in [1.165, 1.54) is 43.2 Å². The first kappa shape index (κ1) is 25.6. The molecule has 0 unspecified atom stereocenters. The molecular weight excluding hydrogens is 472 g/mol. The summed E-state index contributed by atoms with van der Waals surface area (Å²) in [5, 5.41) is 23.1. The van der Waals surface area contributed by atoms with Gasteiger partial charge in [0.05, 0.1) is 18.3 Å². The molecule has 0 bridgehead atoms. The molecule has 3 aromatic carbocycles. The Hall–Kier alpha value is -4.04. The number of aromatic carboxylic acids is 1. The van der Waals surface area contributed by atoms with Crippen LogP contribution in [0.3, 0.4) is 0 Å². The number of hydrogen-bond acceptors (Lipinski definition) is 6. The molecule has 3 rings (SSSR count). The first-order valence-corrected chi connectivity index (χ1v) is 11.1. The van der Waals surface area contributed by atoms with Gasteiger partial charge >= 0.3 is 5.97 Å². The summed E-state index contributed by atoms with van der Waals surface area (Å²) >= 11 is 5.82. The molecule has 0 atom stereocenters. The molecule has 9 heteroatoms. The van der Waals surface area contributed by atoms with Crippen LogP contribution in [-0.2, 0) is 6.61 Å². The lowest BCUT2D eigenvalue weighted by atomic mass is 10.0. The van der Waals surface area contributed by atoms with Crippen molar-refractivity contribution in [1.29, 1.82) is 0 Å². The van der Waals surface area contributed by atoms with Crippen LogP contribution in [0.4, 0.5) is 0 Å². The first-order chi connectivity index (χ1) is 16.7. The molecular formula is C26H25ClN2O6. The van der Waals surface area contributed by atoms with E-state index in [1.807, 2.05) is 24.3 Å². The lowest BCUT2D eigenvalue weighted by molar-refractivity contribution is 0.0690. The highest BCUT2D eigenvalue weighted by molar-refractivity contribution is 6.32. The predicted molar refractivity (Wildman–Crippen MR) is 133 cm³/mol. The van der Waals surface area contributed by atoms with Gasteiger partial charge in [0, 0.05) is 5.56 Å². The number of halogens is 1. The molecule has 3 aromatic rings. The molecule has 0 heterocycles. The van der Waals surface area contributed by atoms with E-state index in [1.54, 1.807) is 6.07 Å². The summed E-state index contributed by atoms with van der Waals surface area (Å²) < 4.78 is 11.2. The van der Waals surface area contributed by atoms with Gasteiger partial charge in [-0.05, 0) is 52.9 Å². The fourth-order valence-electron chi connectivity index (χ4n) is 3.19. The number of amides is 1. The number of aromatic hydroxyl groups is 1. The fraction of sp³-hybridized carbons (Fsp3) is 0.192. The summed E-state index contributed by atoms with van der Waals surface area (Å²) in [6.07, 6.45) is 1.28. The van der Waals surface area contributed by atoms with Crippen molar-refractivity contribution in [1.82, 2.24) is 5.43 Å². The number of rotatable bonds is 9. The second-order valence-corrected chi connectivity index (χ2v) is 8.36. The van der Waals surface area contributed by atoms with Gasteiger partial charge in [-0.15, -0.1) is 0 Å². The lowest BCUT2D eigenvalue weighted by Gasteiger charge is -2.15. The van der Waals surface area contributed by atoms with Crippen molar-refractivity contribution in [3.8, 4) is 17.2 Å². The molecule has 0 aliphatic carbocycles. The minimum absolute atomic E-state index is 0.0314. The summed E-state index contributed by atoms with van der Waals surface area (Å²) in [6, 6.07) is 14.8. The van der Waals surface area contributed by atoms with Gasteiger partial charge in [0.2, 0.25) is 0 Å². The number of nitrogens with one attached hydrogen (secondary N) is 1. The molecule has 35 heavy (non-hydrogen) atoms. The predicted octanol–water partition coefficient (Wildman–Crippen LogP) is 5.22. The molecule has 0 saturated carbocycles. The number of hydrazone groups is 1. The van der Waals surface area contributed by atoms with Crippen LogP contribution in [-0.4, -0.2) is 35.4 Å². The average molecular weight is 497 g/mol. The van der Waals surface area contributed by atoms with E-state index in [0.717, 1.165) is 5.56 Å². The first-order valence-electron chi connectivity index (χ1n) is 10.7. The van der Waals surface area contributed by atoms with E-state index in [-0.39, 0.29) is 40.0 Å². The number of carboxylic acid groups (broad SMARTS) is 1. The van der Waals surface area contributed by atoms with Gasteiger partial charge in [0.15, 0.2) is 11.5 Å². The van der Waals surface area contributed by atoms with Crippen molar-refractivity contribution in [2.75, 3.05) is 7.11 Å². The standard InChI is InChI=1S/C26H25ClN2O6/c1-15(2)18-6-4-16(5-7-18)14-35-24-20(26(32)33)10-17(11-23(24)34-3)13-28-29-25(31)19-8-9-22(30)21(27)12-19/h4-13,15,30H,14H2,1-3H3,(H,29,31)(H,32,33)/b28-13+. The zero-order valence-electron chi connectivity index (χ0n) is 19.4. The van der Waals surface area contributed by atoms with E-state index in [9.17, 15) is 19.8 Å². The third-order valence-corrected chi connectivity index (χ3v) is 5.45. The number of carboxylic acids is 1. The second-order valence-electron chi connectivity index (χ2n) is 7.96. The lowest BCUT2D eigenvalue weighted by Crippen LogP contribution is -2.17. The quantitative estimate of drug-likeness (QED) is 0.276. The van der Waals surface area contributed by atoms with Crippen molar-refractivity contribution in [2.45, 2.75) is 26.4 Å². The smallest absolute Gasteiger partial charge is 0.339 e. The Morgan fingerprint density at radius 3 is 2.43 bits per heavy atom. The fourth-order valence-corrected chi connectivity index (χ4v) is 3.37. The van der Waals surface area contributed by atoms with Crippen LogP contribution in [0.5, 0.6) is 17.2 Å². The molecule has 0 fully saturated rings. The molecule has 182 valence electrons. The third-order valence-electron chi connectivity index (χ3n) is 5.15. The van der Waals surface area contributed by atoms with Crippen molar-refractivity contribution >= 4 is 29.7 Å². The van der Waals surface area contributed by atoms with Crippen molar-refractivity contribution in [2.24, 2.45) is 5.10 Å². The Labute approximate surface area is 207 Å². The average Bonchev–Trinajstić information content (AvgIpc) is 2.84. The third kappa shape index (κ3) is 6.51. The van der Waals surface area contributed by atoms with Gasteiger partial charge in [-0.3, -0.25) is 4.79 Å². The van der Waals surface area contributed by atoms with Gasteiger partial charge in [-0.2, -0.15) is 5.10 Å². The van der Waals surface area contributed by atoms with E-state index in [2.05, 4.69) is 24.4 Å². The maximum Gasteiger partial charge on any atom is 0.339 e. The molecule has 0 saturated heterocycles. The maximum absolute atomic E-state index is 12.2. The number of carbonyl (C=O) groups excluding carboxylic acids is 1. The highest BCUT2D eigenvalue weighted by atomic mass is 35.5. The summed E-state index contributed by atoms with van der Waals surface area (Å²) in [5.74, 6) is -1.20. The molecule has 0 radical (unpaired) electrons. The minimum atomic E-state index is -1.20. The molecule has 8 nitrogen and oxygen atoms in total. The van der Waals surface area contributed by atoms with Crippen LogP contribution in [0.1, 0.15) is 57.2 Å². The number of carbonyl (C=O) groups is 2. The largest absolute Gasteiger partial charge is 0.506 e. The summed E-state index contributed by atoms with van der Waals surface area (Å²) in [4.78, 5) is 24.1. The highest BCUT2D eigenvalue weighted by Crippen LogP contribution is 2.33. The Morgan fingerprint density at radius 2 is 1.83 bits per heavy atom. The Bertz CT molecular complexity index is 1260. The molecule has 0 aromatic heterocycles.